The van der Waals surface area contributed by atoms with Crippen LogP contribution in [-0.4, -0.2) is 87.5 Å². The molecular formula is C96H100Br4I2N2O22. The van der Waals surface area contributed by atoms with Crippen molar-refractivity contribution >= 4 is 211 Å². The summed E-state index contributed by atoms with van der Waals surface area (Å²) in [5.41, 5.74) is 16.9. The Morgan fingerprint density at radius 3 is 0.913 bits per heavy atom. The number of fused-ring (bicyclic) bond motifs is 4. The van der Waals surface area contributed by atoms with Crippen LogP contribution in [-0.2, 0) is 57.7 Å². The van der Waals surface area contributed by atoms with E-state index in [1.807, 2.05) is 93.6 Å². The number of esters is 2. The van der Waals surface area contributed by atoms with Crippen molar-refractivity contribution in [2.75, 3.05) is 11.5 Å². The number of aryl methyl sites for hydroxylation is 4. The number of nitrogens with two attached hydrogens (primary N) is 2. The molecule has 12 N–H and O–H groups in total. The molecular weight excluding hydrogens is 2110 g/mol. The summed E-state index contributed by atoms with van der Waals surface area (Å²) in [6.45, 7) is 16.0. The van der Waals surface area contributed by atoms with Gasteiger partial charge in [0.2, 0.25) is 0 Å². The smallest absolute Gasteiger partial charge is 0.311 e. The van der Waals surface area contributed by atoms with Crippen molar-refractivity contribution in [1.29, 1.82) is 0 Å². The number of hydrogen-bond acceptors (Lipinski definition) is 24. The standard InChI is InChI=1S/C24H24Br2O6.C24H24Br2O5.C24H24I2O6.C24H28N2O5/c1-3-5-7-18-22(23(29)13-9-15(25)24(30)16(26)10-13)14-11-17(27)20(12-19(14)31-18)32-21(28)8-6-4-2;1-3-5-7-15(27)8-13-11-21-16(12-19(13)28)22(20(31-21)6-4-2)23(29)14-9-17(25)24(30)18(26)10-14;1-3-5-7-18-22(23(29)13-9-15(25)24(30)16(26)10-13)14-11-17(27)20(12-19(14)31-18)32-21(28)8-6-4-2;1-3-5-7-15(27)8-13-11-21-16(12-19(13)28)22(20(31-21)6-4-2)23(29)14-9-17(25)24(30)18(26)10-14/h9-12,27,30H,3-8H2,1-2H3;9-12,28,30H,3-8H2,1-2H3;9-12,27,30H,3-8H2,1-2H3;9-12,28,30H,3-8,25-26H2,1-2H3. The first-order chi connectivity index (χ1) is 60.0. The zero-order valence-electron chi connectivity index (χ0n) is 70.9. The number of ketones is 6. The van der Waals surface area contributed by atoms with Crippen LogP contribution in [0.15, 0.2) is 133 Å². The Morgan fingerprint density at radius 2 is 0.603 bits per heavy atom. The summed E-state index contributed by atoms with van der Waals surface area (Å²) >= 11 is 17.0. The molecule has 126 heavy (non-hydrogen) atoms. The van der Waals surface area contributed by atoms with Crippen molar-refractivity contribution in [3.8, 4) is 57.5 Å². The molecule has 0 unspecified atom stereocenters. The lowest BCUT2D eigenvalue weighted by Gasteiger charge is -2.08. The van der Waals surface area contributed by atoms with Crippen LogP contribution >= 0.6 is 109 Å². The lowest BCUT2D eigenvalue weighted by atomic mass is 9.96. The highest BCUT2D eigenvalue weighted by Gasteiger charge is 2.31. The van der Waals surface area contributed by atoms with Gasteiger partial charge >= 0.3 is 11.9 Å². The number of nitrogen functional groups attached to an aromatic ring is 2. The maximum Gasteiger partial charge on any atom is 0.311 e. The van der Waals surface area contributed by atoms with Crippen molar-refractivity contribution in [2.24, 2.45) is 0 Å². The Bertz CT molecular complexity index is 5640. The molecule has 0 aliphatic heterocycles. The highest BCUT2D eigenvalue weighted by atomic mass is 127. The fraction of sp³-hybridized carbons (Fsp3) is 0.333. The topological polar surface area (TPSA) is 421 Å². The molecule has 0 fully saturated rings. The summed E-state index contributed by atoms with van der Waals surface area (Å²) in [6.07, 6.45) is 15.5. The second-order valence-corrected chi connectivity index (χ2v) is 36.1. The molecule has 0 atom stereocenters. The highest BCUT2D eigenvalue weighted by molar-refractivity contribution is 14.1. The molecule has 0 aliphatic carbocycles. The van der Waals surface area contributed by atoms with E-state index in [4.69, 9.17) is 38.6 Å². The van der Waals surface area contributed by atoms with Gasteiger partial charge in [-0.2, -0.15) is 0 Å². The molecule has 0 bridgehead atoms. The minimum Gasteiger partial charge on any atom is -0.508 e. The van der Waals surface area contributed by atoms with Gasteiger partial charge in [-0.05, 0) is 245 Å². The molecule has 24 nitrogen and oxygen atoms in total. The number of hydrogen-bond donors (Lipinski definition) is 10. The van der Waals surface area contributed by atoms with Crippen LogP contribution in [0.1, 0.15) is 269 Å². The lowest BCUT2D eigenvalue weighted by Crippen LogP contribution is -2.07. The fourth-order valence-electron chi connectivity index (χ4n) is 13.9. The van der Waals surface area contributed by atoms with Crippen molar-refractivity contribution < 1.29 is 106 Å². The van der Waals surface area contributed by atoms with Gasteiger partial charge < -0.3 is 79.5 Å². The molecule has 12 aromatic rings. The Balaban J connectivity index is 0.000000190. The van der Waals surface area contributed by atoms with Crippen LogP contribution in [0.3, 0.4) is 0 Å². The van der Waals surface area contributed by atoms with Crippen LogP contribution in [0.4, 0.5) is 11.4 Å². The molecule has 8 aromatic carbocycles. The number of aromatic hydroxyl groups is 8. The number of anilines is 2. The van der Waals surface area contributed by atoms with Crippen LogP contribution in [0.5, 0.6) is 57.5 Å². The number of phenolic OH excluding ortho intramolecular Hbond substituents is 8. The lowest BCUT2D eigenvalue weighted by molar-refractivity contribution is -0.135. The molecule has 668 valence electrons. The number of unbranched alkanes of at least 4 members (excludes halogenated alkanes) is 6. The average Bonchev–Trinajstić information content (AvgIpc) is 1.62. The number of carbonyl (C=O) groups excluding carboxylic acids is 8. The monoisotopic (exact) mass is 2200 g/mol. The Morgan fingerprint density at radius 1 is 0.325 bits per heavy atom. The molecule has 0 aliphatic rings. The van der Waals surface area contributed by atoms with Crippen LogP contribution in [0, 0.1) is 7.14 Å². The number of furan rings is 4. The summed E-state index contributed by atoms with van der Waals surface area (Å²) in [5, 5.41) is 83.8. The van der Waals surface area contributed by atoms with Gasteiger partial charge in [-0.3, -0.25) is 38.4 Å². The third-order valence-electron chi connectivity index (χ3n) is 20.6. The number of rotatable bonds is 36. The molecule has 0 amide bonds. The number of benzene rings is 8. The first kappa shape index (κ1) is 100. The van der Waals surface area contributed by atoms with Gasteiger partial charge in [-0.1, -0.05) is 93.9 Å². The van der Waals surface area contributed by atoms with Gasteiger partial charge in [0, 0.05) is 131 Å². The summed E-state index contributed by atoms with van der Waals surface area (Å²) in [4.78, 5) is 102. The van der Waals surface area contributed by atoms with Gasteiger partial charge in [0.1, 0.15) is 85.7 Å². The van der Waals surface area contributed by atoms with E-state index in [0.717, 1.165) is 77.0 Å². The number of phenols is 8. The van der Waals surface area contributed by atoms with E-state index in [1.165, 1.54) is 60.7 Å². The maximum absolute atomic E-state index is 13.5. The number of ether oxygens (including phenoxy) is 2. The van der Waals surface area contributed by atoms with Crippen molar-refractivity contribution in [2.45, 2.75) is 209 Å². The summed E-state index contributed by atoms with van der Waals surface area (Å²) < 4.78 is 37.3. The van der Waals surface area contributed by atoms with E-state index < -0.39 is 11.9 Å². The van der Waals surface area contributed by atoms with E-state index in [-0.39, 0.29) is 135 Å². The second kappa shape index (κ2) is 46.3. The normalized spacial score (nSPS) is 11.2. The van der Waals surface area contributed by atoms with E-state index >= 15 is 0 Å². The molecule has 30 heteroatoms. The molecule has 0 radical (unpaired) electrons. The average molecular weight is 2210 g/mol. The predicted octanol–water partition coefficient (Wildman–Crippen LogP) is 25.1. The third-order valence-corrected chi connectivity index (χ3v) is 24.6. The number of carbonyl (C=O) groups is 8. The molecule has 0 saturated heterocycles. The van der Waals surface area contributed by atoms with E-state index in [9.17, 15) is 79.2 Å². The Labute approximate surface area is 789 Å². The summed E-state index contributed by atoms with van der Waals surface area (Å²) in [7, 11) is 0. The maximum atomic E-state index is 13.5. The SMILES string of the molecule is CCCCC(=O)Cc1cc2oc(CCC)c(C(=O)c3cc(Br)c(O)c(Br)c3)c2cc1O.CCCCC(=O)Cc1cc2oc(CCC)c(C(=O)c3cc(N)c(O)c(N)c3)c2cc1O.CCCCC(=O)Oc1cc2oc(CCCC)c(C(=O)c3cc(Br)c(O)c(Br)c3)c2cc1O.CCCCC(=O)Oc1cc2oc(CCCC)c(C(=O)c3cc(I)c(O)c(I)c3)c2cc1O. The van der Waals surface area contributed by atoms with E-state index in [2.05, 4.69) is 70.6 Å². The Kier molecular flexibility index (Phi) is 36.8. The van der Waals surface area contributed by atoms with Crippen molar-refractivity contribution in [3.05, 3.63) is 201 Å². The Hall–Kier alpha value is -9.74. The van der Waals surface area contributed by atoms with E-state index in [1.54, 1.807) is 36.4 Å². The minimum absolute atomic E-state index is 0.00279. The molecule has 4 heterocycles. The first-order valence-corrected chi connectivity index (χ1v) is 47.0. The summed E-state index contributed by atoms with van der Waals surface area (Å²) in [6, 6.07) is 24.2. The second-order valence-electron chi connectivity index (χ2n) is 30.4. The number of halogens is 6. The highest BCUT2D eigenvalue weighted by Crippen LogP contribution is 2.45. The quantitative estimate of drug-likeness (QED) is 0.00435. The molecule has 0 spiro atoms. The molecule has 12 rings (SSSR count). The van der Waals surface area contributed by atoms with Gasteiger partial charge in [0.15, 0.2) is 51.9 Å². The van der Waals surface area contributed by atoms with Crippen LogP contribution in [0.25, 0.3) is 43.9 Å². The minimum atomic E-state index is -0.436. The summed E-state index contributed by atoms with van der Waals surface area (Å²) in [5.74, 6) is -0.547. The largest absolute Gasteiger partial charge is 0.508 e. The van der Waals surface area contributed by atoms with Crippen molar-refractivity contribution in [3.63, 3.8) is 0 Å². The van der Waals surface area contributed by atoms with Gasteiger partial charge in [-0.15, -0.1) is 0 Å². The van der Waals surface area contributed by atoms with Gasteiger partial charge in [-0.25, -0.2) is 0 Å². The third kappa shape index (κ3) is 24.6. The van der Waals surface area contributed by atoms with Crippen LogP contribution < -0.4 is 20.9 Å². The number of Topliss-reactive ketones (excluding diaryl/α,β-unsaturated/α-hetero) is 2. The van der Waals surface area contributed by atoms with Gasteiger partial charge in [0.05, 0.1) is 58.7 Å². The predicted molar refractivity (Wildman–Crippen MR) is 515 cm³/mol. The molecule has 4 aromatic heterocycles. The zero-order chi connectivity index (χ0) is 92.2. The van der Waals surface area contributed by atoms with Gasteiger partial charge in [0.25, 0.3) is 0 Å². The molecule has 0 saturated carbocycles. The van der Waals surface area contributed by atoms with E-state index in [0.29, 0.717) is 193 Å². The van der Waals surface area contributed by atoms with Crippen molar-refractivity contribution in [1.82, 2.24) is 0 Å². The first-order valence-electron chi connectivity index (χ1n) is 41.7. The fourth-order valence-corrected chi connectivity index (χ4v) is 18.0. The zero-order valence-corrected chi connectivity index (χ0v) is 81.6. The van der Waals surface area contributed by atoms with Crippen LogP contribution in [0.2, 0.25) is 0 Å².